The van der Waals surface area contributed by atoms with Crippen molar-refractivity contribution >= 4 is 0 Å². The van der Waals surface area contributed by atoms with Crippen LogP contribution in [0.15, 0.2) is 0 Å². The van der Waals surface area contributed by atoms with E-state index in [4.69, 9.17) is 10.5 Å². The summed E-state index contributed by atoms with van der Waals surface area (Å²) in [4.78, 5) is 0. The third kappa shape index (κ3) is 4.04. The van der Waals surface area contributed by atoms with Crippen LogP contribution >= 0.6 is 0 Å². The number of ether oxygens (including phenoxy) is 1. The molecule has 1 unspecified atom stereocenters. The molecular weight excluding hydrogens is 152 g/mol. The largest absolute Gasteiger partial charge is 0.380 e. The second-order valence-electron chi connectivity index (χ2n) is 4.28. The highest BCUT2D eigenvalue weighted by Crippen LogP contribution is 2.06. The van der Waals surface area contributed by atoms with Crippen LogP contribution in [0.4, 0.5) is 0 Å². The van der Waals surface area contributed by atoms with E-state index in [0.29, 0.717) is 6.04 Å². The van der Waals surface area contributed by atoms with E-state index in [9.17, 15) is 0 Å². The van der Waals surface area contributed by atoms with Crippen LogP contribution in [0.2, 0.25) is 0 Å². The summed E-state index contributed by atoms with van der Waals surface area (Å²) >= 11 is 0. The van der Waals surface area contributed by atoms with Gasteiger partial charge in [-0.3, -0.25) is 0 Å². The van der Waals surface area contributed by atoms with Gasteiger partial charge in [0.1, 0.15) is 0 Å². The van der Waals surface area contributed by atoms with Gasteiger partial charge in [0.2, 0.25) is 0 Å². The van der Waals surface area contributed by atoms with Gasteiger partial charge < -0.3 is 15.8 Å². The van der Waals surface area contributed by atoms with Crippen molar-refractivity contribution in [1.29, 1.82) is 0 Å². The predicted octanol–water partition coefficient (Wildman–Crippen LogP) is 0.492. The Labute approximate surface area is 74.7 Å². The summed E-state index contributed by atoms with van der Waals surface area (Å²) in [7, 11) is 0. The highest BCUT2D eigenvalue weighted by molar-refractivity contribution is 4.79. The Hall–Kier alpha value is -0.120. The first kappa shape index (κ1) is 9.96. The van der Waals surface area contributed by atoms with Crippen LogP contribution in [0, 0.1) is 0 Å². The van der Waals surface area contributed by atoms with Crippen LogP contribution in [-0.2, 0) is 4.74 Å². The van der Waals surface area contributed by atoms with Gasteiger partial charge in [0, 0.05) is 24.7 Å². The zero-order valence-corrected chi connectivity index (χ0v) is 8.10. The van der Waals surface area contributed by atoms with E-state index < -0.39 is 0 Å². The summed E-state index contributed by atoms with van der Waals surface area (Å²) < 4.78 is 5.34. The van der Waals surface area contributed by atoms with E-state index in [-0.39, 0.29) is 5.54 Å². The first-order chi connectivity index (χ1) is 5.58. The van der Waals surface area contributed by atoms with Crippen molar-refractivity contribution in [2.75, 3.05) is 19.8 Å². The van der Waals surface area contributed by atoms with Crippen molar-refractivity contribution in [3.05, 3.63) is 0 Å². The molecule has 3 N–H and O–H groups in total. The molecule has 1 fully saturated rings. The SMILES string of the molecule is CC(C)(N)CNC1CCCOC1. The molecule has 0 saturated carbocycles. The van der Waals surface area contributed by atoms with E-state index in [2.05, 4.69) is 5.32 Å². The molecule has 1 aliphatic heterocycles. The third-order valence-corrected chi connectivity index (χ3v) is 2.01. The Morgan fingerprint density at radius 2 is 2.33 bits per heavy atom. The molecule has 0 spiro atoms. The van der Waals surface area contributed by atoms with Gasteiger partial charge in [-0.1, -0.05) is 0 Å². The van der Waals surface area contributed by atoms with Crippen LogP contribution in [-0.4, -0.2) is 31.3 Å². The molecule has 12 heavy (non-hydrogen) atoms. The lowest BCUT2D eigenvalue weighted by Crippen LogP contribution is -2.48. The maximum Gasteiger partial charge on any atom is 0.0619 e. The van der Waals surface area contributed by atoms with Gasteiger partial charge in [-0.25, -0.2) is 0 Å². The summed E-state index contributed by atoms with van der Waals surface area (Å²) in [5.41, 5.74) is 5.74. The molecule has 1 aliphatic rings. The Morgan fingerprint density at radius 3 is 2.83 bits per heavy atom. The molecule has 3 heteroatoms. The molecule has 1 atom stereocenters. The van der Waals surface area contributed by atoms with E-state index in [1.54, 1.807) is 0 Å². The fraction of sp³-hybridized carbons (Fsp3) is 1.00. The smallest absolute Gasteiger partial charge is 0.0619 e. The quantitative estimate of drug-likeness (QED) is 0.651. The van der Waals surface area contributed by atoms with Crippen molar-refractivity contribution in [3.63, 3.8) is 0 Å². The fourth-order valence-electron chi connectivity index (χ4n) is 1.31. The van der Waals surface area contributed by atoms with Crippen molar-refractivity contribution in [2.45, 2.75) is 38.3 Å². The maximum atomic E-state index is 5.85. The van der Waals surface area contributed by atoms with Gasteiger partial charge in [0.05, 0.1) is 6.61 Å². The predicted molar refractivity (Wildman–Crippen MR) is 50.1 cm³/mol. The molecule has 1 saturated heterocycles. The summed E-state index contributed by atoms with van der Waals surface area (Å²) in [5, 5.41) is 3.41. The monoisotopic (exact) mass is 172 g/mol. The molecular formula is C9H20N2O. The standard InChI is InChI=1S/C9H20N2O/c1-9(2,10)7-11-8-4-3-5-12-6-8/h8,11H,3-7,10H2,1-2H3. The van der Waals surface area contributed by atoms with Gasteiger partial charge in [-0.15, -0.1) is 0 Å². The lowest BCUT2D eigenvalue weighted by atomic mass is 10.1. The Morgan fingerprint density at radius 1 is 1.58 bits per heavy atom. The van der Waals surface area contributed by atoms with E-state index in [1.807, 2.05) is 13.8 Å². The van der Waals surface area contributed by atoms with Crippen LogP contribution < -0.4 is 11.1 Å². The second kappa shape index (κ2) is 4.21. The number of nitrogens with two attached hydrogens (primary N) is 1. The maximum absolute atomic E-state index is 5.85. The molecule has 0 bridgehead atoms. The molecule has 0 aromatic carbocycles. The number of nitrogens with one attached hydrogen (secondary N) is 1. The van der Waals surface area contributed by atoms with E-state index in [1.165, 1.54) is 12.8 Å². The van der Waals surface area contributed by atoms with Gasteiger partial charge in [0.15, 0.2) is 0 Å². The van der Waals surface area contributed by atoms with Gasteiger partial charge in [-0.2, -0.15) is 0 Å². The third-order valence-electron chi connectivity index (χ3n) is 2.01. The highest BCUT2D eigenvalue weighted by Gasteiger charge is 2.16. The average molecular weight is 172 g/mol. The number of hydrogen-bond donors (Lipinski definition) is 2. The molecule has 1 rings (SSSR count). The van der Waals surface area contributed by atoms with Gasteiger partial charge in [-0.05, 0) is 26.7 Å². The molecule has 0 amide bonds. The number of rotatable bonds is 3. The van der Waals surface area contributed by atoms with Gasteiger partial charge >= 0.3 is 0 Å². The van der Waals surface area contributed by atoms with Crippen molar-refractivity contribution in [1.82, 2.24) is 5.32 Å². The second-order valence-corrected chi connectivity index (χ2v) is 4.28. The summed E-state index contributed by atoms with van der Waals surface area (Å²) in [5.74, 6) is 0. The first-order valence-electron chi connectivity index (χ1n) is 4.68. The summed E-state index contributed by atoms with van der Waals surface area (Å²) in [6, 6.07) is 0.515. The van der Waals surface area contributed by atoms with Crippen molar-refractivity contribution in [3.8, 4) is 0 Å². The normalized spacial score (nSPS) is 25.8. The Kier molecular flexibility index (Phi) is 3.50. The van der Waals surface area contributed by atoms with Crippen molar-refractivity contribution < 1.29 is 4.74 Å². The zero-order valence-electron chi connectivity index (χ0n) is 8.10. The number of hydrogen-bond acceptors (Lipinski definition) is 3. The molecule has 0 aromatic rings. The fourth-order valence-corrected chi connectivity index (χ4v) is 1.31. The highest BCUT2D eigenvalue weighted by atomic mass is 16.5. The van der Waals surface area contributed by atoms with Crippen LogP contribution in [0.3, 0.4) is 0 Å². The summed E-state index contributed by atoms with van der Waals surface area (Å²) in [6.07, 6.45) is 2.39. The molecule has 72 valence electrons. The topological polar surface area (TPSA) is 47.3 Å². The molecule has 0 radical (unpaired) electrons. The lowest BCUT2D eigenvalue weighted by Gasteiger charge is -2.27. The van der Waals surface area contributed by atoms with E-state index >= 15 is 0 Å². The van der Waals surface area contributed by atoms with Crippen LogP contribution in [0.5, 0.6) is 0 Å². The van der Waals surface area contributed by atoms with E-state index in [0.717, 1.165) is 19.8 Å². The molecule has 3 nitrogen and oxygen atoms in total. The average Bonchev–Trinajstić information content (AvgIpc) is 2.02. The first-order valence-corrected chi connectivity index (χ1v) is 4.68. The van der Waals surface area contributed by atoms with Crippen LogP contribution in [0.1, 0.15) is 26.7 Å². The molecule has 0 aliphatic carbocycles. The Balaban J connectivity index is 2.13. The minimum absolute atomic E-state index is 0.114. The minimum Gasteiger partial charge on any atom is -0.380 e. The van der Waals surface area contributed by atoms with Crippen molar-refractivity contribution in [2.24, 2.45) is 5.73 Å². The zero-order chi connectivity index (χ0) is 9.03. The lowest BCUT2D eigenvalue weighted by molar-refractivity contribution is 0.0690. The molecule has 0 aromatic heterocycles. The molecule has 1 heterocycles. The Bertz CT molecular complexity index is 125. The van der Waals surface area contributed by atoms with Gasteiger partial charge in [0.25, 0.3) is 0 Å². The summed E-state index contributed by atoms with van der Waals surface area (Å²) in [6.45, 7) is 6.69. The van der Waals surface area contributed by atoms with Crippen LogP contribution in [0.25, 0.3) is 0 Å². The minimum atomic E-state index is -0.114.